The van der Waals surface area contributed by atoms with Gasteiger partial charge in [0.25, 0.3) is 5.91 Å². The van der Waals surface area contributed by atoms with Crippen LogP contribution in [0.25, 0.3) is 0 Å². The summed E-state index contributed by atoms with van der Waals surface area (Å²) in [5, 5.41) is 11.5. The first-order valence-corrected chi connectivity index (χ1v) is 21.2. The largest absolute Gasteiger partial charge is 0.359 e. The molecule has 51 heavy (non-hydrogen) atoms. The van der Waals surface area contributed by atoms with E-state index < -0.39 is 68.0 Å². The third-order valence-electron chi connectivity index (χ3n) is 13.3. The maximum absolute atomic E-state index is 14.9. The van der Waals surface area contributed by atoms with Crippen molar-refractivity contribution in [1.29, 1.82) is 0 Å². The van der Waals surface area contributed by atoms with E-state index in [4.69, 9.17) is 4.74 Å². The third kappa shape index (κ3) is 7.68. The van der Waals surface area contributed by atoms with Crippen molar-refractivity contribution in [2.24, 2.45) is 28.6 Å². The summed E-state index contributed by atoms with van der Waals surface area (Å²) in [4.78, 5) is 70.7. The number of amides is 5. The fourth-order valence-electron chi connectivity index (χ4n) is 9.88. The first-order valence-electron chi connectivity index (χ1n) is 19.5. The summed E-state index contributed by atoms with van der Waals surface area (Å²) in [6.45, 7) is 8.65. The van der Waals surface area contributed by atoms with Gasteiger partial charge >= 0.3 is 6.03 Å². The smallest absolute Gasteiger partial charge is 0.316 e. The number of ether oxygens (including phenoxy) is 1. The van der Waals surface area contributed by atoms with Crippen molar-refractivity contribution >= 4 is 39.4 Å². The summed E-state index contributed by atoms with van der Waals surface area (Å²) in [6.07, 6.45) is 10.8. The molecule has 6 atom stereocenters. The molecule has 0 aromatic carbocycles. The summed E-state index contributed by atoms with van der Waals surface area (Å²) >= 11 is 0. The van der Waals surface area contributed by atoms with Crippen LogP contribution in [-0.2, 0) is 33.8 Å². The highest BCUT2D eigenvalue weighted by molar-refractivity contribution is 7.92. The molecule has 0 unspecified atom stereocenters. The topological polar surface area (TPSA) is 180 Å². The Morgan fingerprint density at radius 3 is 2.14 bits per heavy atom. The molecule has 0 aromatic heterocycles. The van der Waals surface area contributed by atoms with Crippen LogP contribution >= 0.6 is 0 Å². The maximum atomic E-state index is 14.9. The molecule has 14 heteroatoms. The maximum Gasteiger partial charge on any atom is 0.316 e. The zero-order valence-electron chi connectivity index (χ0n) is 30.9. The Labute approximate surface area is 302 Å². The van der Waals surface area contributed by atoms with E-state index in [0.29, 0.717) is 51.1 Å². The first-order chi connectivity index (χ1) is 24.1. The van der Waals surface area contributed by atoms with Gasteiger partial charge in [0.15, 0.2) is 15.3 Å². The van der Waals surface area contributed by atoms with E-state index >= 15 is 0 Å². The summed E-state index contributed by atoms with van der Waals surface area (Å²) in [7, 11) is -3.57. The lowest BCUT2D eigenvalue weighted by atomic mass is 9.70. The Morgan fingerprint density at radius 1 is 0.902 bits per heavy atom. The minimum atomic E-state index is -3.57. The molecular weight excluding hydrogens is 675 g/mol. The van der Waals surface area contributed by atoms with Crippen LogP contribution in [0, 0.1) is 28.6 Å². The van der Waals surface area contributed by atoms with Crippen LogP contribution in [0.3, 0.4) is 0 Å². The number of likely N-dealkylation sites (N-methyl/N-ethyl adjacent to an activating group) is 1. The van der Waals surface area contributed by atoms with E-state index in [2.05, 4.69) is 35.1 Å². The lowest BCUT2D eigenvalue weighted by Crippen LogP contribution is -2.66. The Hall–Kier alpha value is -2.74. The predicted octanol–water partition coefficient (Wildman–Crippen LogP) is 2.96. The van der Waals surface area contributed by atoms with Gasteiger partial charge in [0.2, 0.25) is 17.6 Å². The summed E-state index contributed by atoms with van der Waals surface area (Å²) < 4.78 is 31.9. The second kappa shape index (κ2) is 14.6. The number of nitrogens with one attached hydrogen (secondary N) is 4. The molecule has 6 rings (SSSR count). The van der Waals surface area contributed by atoms with Gasteiger partial charge in [0.1, 0.15) is 12.1 Å². The molecular formula is C37H59N5O8S. The molecule has 0 spiro atoms. The Morgan fingerprint density at radius 2 is 1.55 bits per heavy atom. The standard InChI is InChI=1S/C37H59N5O8S/c1-5-38-31(45)28(43)25(15-14-23-12-13-23)39-30(44)27-26-24(35(26,2)3)22-42(27)32(46)29(36(4)16-8-6-9-17-36)40-34(47)41-37(18-10-7-11-19-37)33-50-20-21-51(33,48)49/h23-27,29,33H,5-22H2,1-4H3,(H,38,45)(H,39,44)(H2,40,41,47)/t24-,25-,26-,27-,29+,33+/m0/s1. The van der Waals surface area contributed by atoms with E-state index in [1.807, 2.05) is 6.92 Å². The van der Waals surface area contributed by atoms with E-state index in [9.17, 15) is 32.4 Å². The van der Waals surface area contributed by atoms with Gasteiger partial charge in [0.05, 0.1) is 23.9 Å². The summed E-state index contributed by atoms with van der Waals surface area (Å²) in [5.74, 6) is -1.84. The lowest BCUT2D eigenvalue weighted by molar-refractivity contribution is -0.146. The van der Waals surface area contributed by atoms with Crippen molar-refractivity contribution < 1.29 is 37.1 Å². The second-order valence-corrected chi connectivity index (χ2v) is 19.4. The lowest BCUT2D eigenvalue weighted by Gasteiger charge is -2.45. The number of nitrogens with zero attached hydrogens (tertiary/aromatic N) is 1. The molecule has 6 aliphatic rings. The summed E-state index contributed by atoms with van der Waals surface area (Å²) in [6, 6.07) is -3.41. The molecule has 4 saturated carbocycles. The molecule has 4 aliphatic carbocycles. The molecule has 2 heterocycles. The third-order valence-corrected chi connectivity index (χ3v) is 15.2. The summed E-state index contributed by atoms with van der Waals surface area (Å²) in [5.41, 5.74) is -3.01. The minimum Gasteiger partial charge on any atom is -0.359 e. The van der Waals surface area contributed by atoms with Crippen LogP contribution < -0.4 is 21.3 Å². The van der Waals surface area contributed by atoms with Crippen molar-refractivity contribution in [3.8, 4) is 0 Å². The Bertz CT molecular complexity index is 1480. The van der Waals surface area contributed by atoms with Crippen LogP contribution in [0.2, 0.25) is 0 Å². The highest BCUT2D eigenvalue weighted by atomic mass is 32.2. The quantitative estimate of drug-likeness (QED) is 0.209. The molecule has 0 aromatic rings. The molecule has 0 radical (unpaired) electrons. The molecule has 13 nitrogen and oxygen atoms in total. The number of ketones is 1. The predicted molar refractivity (Wildman–Crippen MR) is 190 cm³/mol. The number of rotatable bonds is 13. The van der Waals surface area contributed by atoms with Gasteiger partial charge in [-0.15, -0.1) is 0 Å². The first kappa shape index (κ1) is 38.0. The number of hydrogen-bond acceptors (Lipinski definition) is 8. The van der Waals surface area contributed by atoms with Crippen LogP contribution in [0.4, 0.5) is 4.79 Å². The fraction of sp³-hybridized carbons (Fsp3) is 0.865. The number of likely N-dealkylation sites (tertiary alicyclic amines) is 1. The van der Waals surface area contributed by atoms with E-state index in [0.717, 1.165) is 57.8 Å². The van der Waals surface area contributed by atoms with Crippen LogP contribution in [0.15, 0.2) is 0 Å². The number of hydrogen-bond donors (Lipinski definition) is 4. The molecule has 286 valence electrons. The molecule has 2 aliphatic heterocycles. The van der Waals surface area contributed by atoms with Crippen molar-refractivity contribution in [2.75, 3.05) is 25.4 Å². The highest BCUT2D eigenvalue weighted by Crippen LogP contribution is 2.65. The Kier molecular flexibility index (Phi) is 10.9. The number of sulfone groups is 1. The number of Topliss-reactive ketones (excluding diaryl/α,β-unsaturated/α-hetero) is 1. The van der Waals surface area contributed by atoms with Gasteiger partial charge in [-0.2, -0.15) is 0 Å². The number of carbonyl (C=O) groups is 5. The van der Waals surface area contributed by atoms with E-state index in [-0.39, 0.29) is 35.5 Å². The van der Waals surface area contributed by atoms with Crippen molar-refractivity contribution in [2.45, 2.75) is 147 Å². The SMILES string of the molecule is CCNC(=O)C(=O)[C@H](CCC1CC1)NC(=O)[C@@H]1[C@@H]2[C@H](CN1C(=O)[C@@H](NC(=O)NC1([C@@H]3OCCS3(=O)=O)CCCCC1)C1(C)CCCCC1)C2(C)C. The average molecular weight is 734 g/mol. The molecule has 2 saturated heterocycles. The van der Waals surface area contributed by atoms with E-state index in [1.165, 1.54) is 0 Å². The van der Waals surface area contributed by atoms with Gasteiger partial charge in [-0.3, -0.25) is 19.2 Å². The number of piperidine rings is 1. The van der Waals surface area contributed by atoms with Crippen molar-refractivity contribution in [1.82, 2.24) is 26.2 Å². The average Bonchev–Trinajstić information content (AvgIpc) is 3.88. The molecule has 5 amide bonds. The number of urea groups is 1. The number of fused-ring (bicyclic) bond motifs is 1. The molecule has 0 bridgehead atoms. The van der Waals surface area contributed by atoms with Crippen molar-refractivity contribution in [3.05, 3.63) is 0 Å². The Balaban J connectivity index is 1.25. The zero-order chi connectivity index (χ0) is 36.8. The highest BCUT2D eigenvalue weighted by Gasteiger charge is 2.70. The minimum absolute atomic E-state index is 0.0741. The monoisotopic (exact) mass is 733 g/mol. The van der Waals surface area contributed by atoms with Gasteiger partial charge in [-0.25, -0.2) is 13.2 Å². The van der Waals surface area contributed by atoms with Crippen molar-refractivity contribution in [3.63, 3.8) is 0 Å². The fourth-order valence-corrected chi connectivity index (χ4v) is 11.7. The molecule has 4 N–H and O–H groups in total. The normalized spacial score (nSPS) is 31.0. The zero-order valence-corrected chi connectivity index (χ0v) is 31.7. The van der Waals surface area contributed by atoms with Gasteiger partial charge in [0, 0.05) is 13.1 Å². The van der Waals surface area contributed by atoms with Gasteiger partial charge < -0.3 is 30.9 Å². The van der Waals surface area contributed by atoms with Gasteiger partial charge in [-0.05, 0) is 74.0 Å². The van der Waals surface area contributed by atoms with E-state index in [1.54, 1.807) is 11.8 Å². The van der Waals surface area contributed by atoms with Gasteiger partial charge in [-0.1, -0.05) is 72.1 Å². The van der Waals surface area contributed by atoms with Crippen LogP contribution in [0.1, 0.15) is 118 Å². The molecule has 6 fully saturated rings. The van der Waals surface area contributed by atoms with Crippen LogP contribution in [-0.4, -0.2) is 97.4 Å². The second-order valence-electron chi connectivity index (χ2n) is 17.2. The number of carbonyl (C=O) groups excluding carboxylic acids is 5. The van der Waals surface area contributed by atoms with Crippen LogP contribution in [0.5, 0.6) is 0 Å².